The molecule has 22 heavy (non-hydrogen) atoms. The van der Waals surface area contributed by atoms with Crippen molar-refractivity contribution in [3.8, 4) is 0 Å². The van der Waals surface area contributed by atoms with Gasteiger partial charge in [-0.1, -0.05) is 12.1 Å². The normalized spacial score (nSPS) is 21.8. The smallest absolute Gasteiger partial charge is 0.251 e. The molecule has 1 aromatic carbocycles. The van der Waals surface area contributed by atoms with Crippen LogP contribution in [-0.4, -0.2) is 56.7 Å². The van der Waals surface area contributed by atoms with E-state index in [1.807, 2.05) is 0 Å². The van der Waals surface area contributed by atoms with Crippen LogP contribution in [0, 0.1) is 5.82 Å². The number of hydrogen-bond acceptors (Lipinski definition) is 4. The maximum Gasteiger partial charge on any atom is 0.251 e. The molecule has 1 aliphatic heterocycles. The predicted octanol–water partition coefficient (Wildman–Crippen LogP) is 0.487. The van der Waals surface area contributed by atoms with Crippen molar-refractivity contribution in [1.29, 1.82) is 0 Å². The minimum atomic E-state index is -0.888. The first-order valence-electron chi connectivity index (χ1n) is 6.94. The summed E-state index contributed by atoms with van der Waals surface area (Å²) in [5.74, 6) is -1.04. The molecule has 1 fully saturated rings. The van der Waals surface area contributed by atoms with E-state index in [0.29, 0.717) is 18.7 Å². The summed E-state index contributed by atoms with van der Waals surface area (Å²) in [4.78, 5) is 25.5. The van der Waals surface area contributed by atoms with Crippen LogP contribution in [0.2, 0.25) is 0 Å². The average molecular weight is 310 g/mol. The number of methoxy groups -OCH3 is 1. The van der Waals surface area contributed by atoms with Gasteiger partial charge in [0, 0.05) is 20.7 Å². The van der Waals surface area contributed by atoms with E-state index in [9.17, 15) is 14.0 Å². The van der Waals surface area contributed by atoms with Crippen LogP contribution >= 0.6 is 0 Å². The highest BCUT2D eigenvalue weighted by Crippen LogP contribution is 2.29. The number of nitrogens with zero attached hydrogens (tertiary/aromatic N) is 1. The van der Waals surface area contributed by atoms with Crippen LogP contribution in [0.5, 0.6) is 0 Å². The number of rotatable bonds is 5. The maximum absolute atomic E-state index is 13.5. The largest absolute Gasteiger partial charge is 0.383 e. The molecule has 0 unspecified atom stereocenters. The summed E-state index contributed by atoms with van der Waals surface area (Å²) in [7, 11) is 3.11. The Bertz CT molecular complexity index is 552. The Morgan fingerprint density at radius 3 is 3.00 bits per heavy atom. The number of hydrogen-bond donors (Lipinski definition) is 1. The lowest BCUT2D eigenvalue weighted by Gasteiger charge is -2.38. The SMILES string of the molecule is COCCNC(=O)[C@H]1OCC(=O)N(C)[C@H]1c1cccc(F)c1. The Morgan fingerprint density at radius 1 is 1.55 bits per heavy atom. The van der Waals surface area contributed by atoms with Crippen molar-refractivity contribution in [2.24, 2.45) is 0 Å². The zero-order valence-corrected chi connectivity index (χ0v) is 12.5. The summed E-state index contributed by atoms with van der Waals surface area (Å²) in [6, 6.07) is 5.15. The van der Waals surface area contributed by atoms with Gasteiger partial charge in [-0.25, -0.2) is 4.39 Å². The summed E-state index contributed by atoms with van der Waals surface area (Å²) in [6.45, 7) is 0.533. The lowest BCUT2D eigenvalue weighted by atomic mass is 9.97. The zero-order chi connectivity index (χ0) is 16.1. The summed E-state index contributed by atoms with van der Waals surface area (Å²) < 4.78 is 23.7. The van der Waals surface area contributed by atoms with Crippen LogP contribution in [0.15, 0.2) is 24.3 Å². The number of ether oxygens (including phenoxy) is 2. The Balaban J connectivity index is 2.22. The molecule has 6 nitrogen and oxygen atoms in total. The molecule has 1 saturated heterocycles. The van der Waals surface area contributed by atoms with Gasteiger partial charge in [-0.3, -0.25) is 9.59 Å². The van der Waals surface area contributed by atoms with Gasteiger partial charge in [0.2, 0.25) is 5.91 Å². The second kappa shape index (κ2) is 7.33. The number of halogens is 1. The number of nitrogens with one attached hydrogen (secondary N) is 1. The molecular weight excluding hydrogens is 291 g/mol. The van der Waals surface area contributed by atoms with Crippen LogP contribution in [0.1, 0.15) is 11.6 Å². The molecule has 0 saturated carbocycles. The Labute approximate surface area is 128 Å². The number of benzene rings is 1. The number of carbonyl (C=O) groups is 2. The van der Waals surface area contributed by atoms with Gasteiger partial charge in [0.25, 0.3) is 5.91 Å². The molecule has 7 heteroatoms. The Kier molecular flexibility index (Phi) is 5.46. The number of morpholine rings is 1. The van der Waals surface area contributed by atoms with Crippen LogP contribution < -0.4 is 5.32 Å². The van der Waals surface area contributed by atoms with Gasteiger partial charge in [0.05, 0.1) is 12.6 Å². The number of amides is 2. The second-order valence-corrected chi connectivity index (χ2v) is 5.02. The van der Waals surface area contributed by atoms with E-state index in [1.54, 1.807) is 13.1 Å². The first-order valence-corrected chi connectivity index (χ1v) is 6.94. The van der Waals surface area contributed by atoms with Crippen molar-refractivity contribution in [2.75, 3.05) is 33.9 Å². The van der Waals surface area contributed by atoms with Crippen molar-refractivity contribution >= 4 is 11.8 Å². The molecule has 2 amide bonds. The van der Waals surface area contributed by atoms with Gasteiger partial charge < -0.3 is 19.7 Å². The third-order valence-corrected chi connectivity index (χ3v) is 3.54. The molecule has 1 heterocycles. The lowest BCUT2D eigenvalue weighted by molar-refractivity contribution is -0.162. The molecule has 0 radical (unpaired) electrons. The van der Waals surface area contributed by atoms with Gasteiger partial charge in [-0.2, -0.15) is 0 Å². The van der Waals surface area contributed by atoms with E-state index in [1.165, 1.54) is 30.2 Å². The third kappa shape index (κ3) is 3.61. The lowest BCUT2D eigenvalue weighted by Crippen LogP contribution is -2.53. The fourth-order valence-electron chi connectivity index (χ4n) is 2.40. The molecule has 0 aliphatic carbocycles. The first kappa shape index (κ1) is 16.4. The van der Waals surface area contributed by atoms with E-state index in [4.69, 9.17) is 9.47 Å². The zero-order valence-electron chi connectivity index (χ0n) is 12.5. The summed E-state index contributed by atoms with van der Waals surface area (Å²) in [5.41, 5.74) is 0.516. The highest BCUT2D eigenvalue weighted by molar-refractivity contribution is 5.86. The fourth-order valence-corrected chi connectivity index (χ4v) is 2.40. The van der Waals surface area contributed by atoms with Gasteiger partial charge in [0.15, 0.2) is 6.10 Å². The van der Waals surface area contributed by atoms with Crippen molar-refractivity contribution < 1.29 is 23.5 Å². The Hall–Kier alpha value is -1.99. The number of likely N-dealkylation sites (N-methyl/N-ethyl adjacent to an activating group) is 1. The maximum atomic E-state index is 13.5. The van der Waals surface area contributed by atoms with Crippen LogP contribution in [0.3, 0.4) is 0 Å². The fraction of sp³-hybridized carbons (Fsp3) is 0.467. The van der Waals surface area contributed by atoms with E-state index >= 15 is 0 Å². The molecule has 1 N–H and O–H groups in total. The van der Waals surface area contributed by atoms with Gasteiger partial charge in [-0.05, 0) is 17.7 Å². The van der Waals surface area contributed by atoms with Gasteiger partial charge >= 0.3 is 0 Å². The van der Waals surface area contributed by atoms with Crippen molar-refractivity contribution in [2.45, 2.75) is 12.1 Å². The van der Waals surface area contributed by atoms with E-state index in [2.05, 4.69) is 5.32 Å². The predicted molar refractivity (Wildman–Crippen MR) is 76.5 cm³/mol. The highest BCUT2D eigenvalue weighted by atomic mass is 19.1. The Morgan fingerprint density at radius 2 is 2.32 bits per heavy atom. The summed E-state index contributed by atoms with van der Waals surface area (Å²) >= 11 is 0. The van der Waals surface area contributed by atoms with Gasteiger partial charge in [0.1, 0.15) is 12.4 Å². The van der Waals surface area contributed by atoms with Gasteiger partial charge in [-0.15, -0.1) is 0 Å². The van der Waals surface area contributed by atoms with Crippen LogP contribution in [-0.2, 0) is 19.1 Å². The highest BCUT2D eigenvalue weighted by Gasteiger charge is 2.39. The van der Waals surface area contributed by atoms with Crippen molar-refractivity contribution in [1.82, 2.24) is 10.2 Å². The molecule has 0 bridgehead atoms. The number of carbonyl (C=O) groups excluding carboxylic acids is 2. The molecular formula is C15H19FN2O4. The van der Waals surface area contributed by atoms with E-state index < -0.39 is 18.0 Å². The molecule has 0 spiro atoms. The second-order valence-electron chi connectivity index (χ2n) is 5.02. The molecule has 0 aromatic heterocycles. The first-order chi connectivity index (χ1) is 10.5. The minimum absolute atomic E-state index is 0.176. The molecule has 2 atom stereocenters. The third-order valence-electron chi connectivity index (χ3n) is 3.54. The molecule has 2 rings (SSSR count). The minimum Gasteiger partial charge on any atom is -0.383 e. The molecule has 1 aliphatic rings. The van der Waals surface area contributed by atoms with Crippen LogP contribution in [0.4, 0.5) is 4.39 Å². The van der Waals surface area contributed by atoms with E-state index in [0.717, 1.165) is 0 Å². The topological polar surface area (TPSA) is 67.9 Å². The monoisotopic (exact) mass is 310 g/mol. The van der Waals surface area contributed by atoms with E-state index in [-0.39, 0.29) is 18.4 Å². The van der Waals surface area contributed by atoms with Crippen molar-refractivity contribution in [3.05, 3.63) is 35.6 Å². The van der Waals surface area contributed by atoms with Crippen molar-refractivity contribution in [3.63, 3.8) is 0 Å². The average Bonchev–Trinajstić information content (AvgIpc) is 2.50. The summed E-state index contributed by atoms with van der Waals surface area (Å²) in [5, 5.41) is 2.68. The van der Waals surface area contributed by atoms with Crippen LogP contribution in [0.25, 0.3) is 0 Å². The molecule has 120 valence electrons. The molecule has 1 aromatic rings. The summed E-state index contributed by atoms with van der Waals surface area (Å²) in [6.07, 6.45) is -0.888. The quantitative estimate of drug-likeness (QED) is 0.804. The standard InChI is InChI=1S/C15H19FN2O4/c1-18-12(19)9-22-14(15(20)17-6-7-21-2)13(18)10-4-3-5-11(16)8-10/h3-5,8,13-14H,6-7,9H2,1-2H3,(H,17,20)/t13-,14-/m0/s1.